The van der Waals surface area contributed by atoms with E-state index < -0.39 is 0 Å². The van der Waals surface area contributed by atoms with Crippen molar-refractivity contribution in [2.45, 2.75) is 33.6 Å². The van der Waals surface area contributed by atoms with Gasteiger partial charge in [0, 0.05) is 12.8 Å². The van der Waals surface area contributed by atoms with Gasteiger partial charge in [0.05, 0.1) is 0 Å². The highest BCUT2D eigenvalue weighted by molar-refractivity contribution is 5.20. The van der Waals surface area contributed by atoms with Gasteiger partial charge in [-0.15, -0.1) is 5.92 Å². The zero-order valence-electron chi connectivity index (χ0n) is 9.30. The maximum atomic E-state index is 3.22. The van der Waals surface area contributed by atoms with E-state index in [4.69, 9.17) is 0 Å². The van der Waals surface area contributed by atoms with Gasteiger partial charge < -0.3 is 0 Å². The summed E-state index contributed by atoms with van der Waals surface area (Å²) in [7, 11) is 0. The van der Waals surface area contributed by atoms with Crippen LogP contribution in [0.1, 0.15) is 32.8 Å². The highest BCUT2D eigenvalue weighted by Gasteiger charge is 2.06. The Bertz CT molecular complexity index is 317. The third-order valence-electron chi connectivity index (χ3n) is 1.88. The van der Waals surface area contributed by atoms with Crippen molar-refractivity contribution in [2.24, 2.45) is 5.41 Å². The summed E-state index contributed by atoms with van der Waals surface area (Å²) in [5.74, 6) is 6.43. The fourth-order valence-electron chi connectivity index (χ4n) is 1.09. The maximum Gasteiger partial charge on any atom is 0.0340 e. The van der Waals surface area contributed by atoms with Crippen molar-refractivity contribution < 1.29 is 0 Å². The normalized spacial score (nSPS) is 10.5. The summed E-state index contributed by atoms with van der Waals surface area (Å²) in [5.41, 5.74) is 1.62. The van der Waals surface area contributed by atoms with Crippen molar-refractivity contribution in [3.8, 4) is 11.8 Å². The standard InChI is InChI=1S/C14H18/c1-14(2,3)12-8-7-11-13-9-5-4-6-10-13/h4-6,9-10H,11-12H2,1-3H3. The molecule has 0 atom stereocenters. The molecule has 1 aromatic carbocycles. The van der Waals surface area contributed by atoms with Crippen molar-refractivity contribution in [1.29, 1.82) is 0 Å². The van der Waals surface area contributed by atoms with E-state index in [1.54, 1.807) is 0 Å². The lowest BCUT2D eigenvalue weighted by Crippen LogP contribution is -2.02. The van der Waals surface area contributed by atoms with Crippen molar-refractivity contribution >= 4 is 0 Å². The Balaban J connectivity index is 2.41. The van der Waals surface area contributed by atoms with Crippen molar-refractivity contribution in [3.05, 3.63) is 35.9 Å². The van der Waals surface area contributed by atoms with Crippen molar-refractivity contribution in [2.75, 3.05) is 0 Å². The average Bonchev–Trinajstić information content (AvgIpc) is 2.13. The largest absolute Gasteiger partial charge is 0.102 e. The van der Waals surface area contributed by atoms with E-state index in [1.165, 1.54) is 5.56 Å². The molecule has 0 aliphatic carbocycles. The fraction of sp³-hybridized carbons (Fsp3) is 0.429. The monoisotopic (exact) mass is 186 g/mol. The predicted octanol–water partition coefficient (Wildman–Crippen LogP) is 3.67. The highest BCUT2D eigenvalue weighted by Crippen LogP contribution is 2.16. The molecular formula is C14H18. The number of hydrogen-bond donors (Lipinski definition) is 0. The predicted molar refractivity (Wildman–Crippen MR) is 62.0 cm³/mol. The Morgan fingerprint density at radius 2 is 1.64 bits per heavy atom. The van der Waals surface area contributed by atoms with Crippen LogP contribution in [0.15, 0.2) is 30.3 Å². The van der Waals surface area contributed by atoms with Gasteiger partial charge in [0.25, 0.3) is 0 Å². The summed E-state index contributed by atoms with van der Waals surface area (Å²) in [6.07, 6.45) is 1.84. The molecule has 0 heterocycles. The first kappa shape index (κ1) is 10.9. The summed E-state index contributed by atoms with van der Waals surface area (Å²) in [4.78, 5) is 0. The lowest BCUT2D eigenvalue weighted by atomic mass is 9.93. The molecule has 0 aliphatic rings. The van der Waals surface area contributed by atoms with Crippen LogP contribution < -0.4 is 0 Å². The average molecular weight is 186 g/mol. The van der Waals surface area contributed by atoms with Gasteiger partial charge in [-0.1, -0.05) is 57.0 Å². The van der Waals surface area contributed by atoms with Crippen LogP contribution in [0.5, 0.6) is 0 Å². The second-order valence-corrected chi connectivity index (χ2v) is 4.75. The first-order chi connectivity index (χ1) is 6.58. The lowest BCUT2D eigenvalue weighted by Gasteiger charge is -2.12. The molecule has 0 nitrogen and oxygen atoms in total. The fourth-order valence-corrected chi connectivity index (χ4v) is 1.09. The zero-order valence-corrected chi connectivity index (χ0v) is 9.30. The van der Waals surface area contributed by atoms with E-state index >= 15 is 0 Å². The van der Waals surface area contributed by atoms with E-state index in [9.17, 15) is 0 Å². The van der Waals surface area contributed by atoms with Gasteiger partial charge in [0.15, 0.2) is 0 Å². The number of benzene rings is 1. The molecule has 0 saturated carbocycles. The summed E-state index contributed by atoms with van der Waals surface area (Å²) >= 11 is 0. The molecule has 0 aliphatic heterocycles. The third kappa shape index (κ3) is 4.72. The SMILES string of the molecule is CC(C)(C)CC#CCc1ccccc1. The van der Waals surface area contributed by atoms with Crippen LogP contribution in [0.2, 0.25) is 0 Å². The van der Waals surface area contributed by atoms with Crippen LogP contribution in [0, 0.1) is 17.3 Å². The second-order valence-electron chi connectivity index (χ2n) is 4.75. The molecule has 1 aromatic rings. The van der Waals surface area contributed by atoms with E-state index in [-0.39, 0.29) is 0 Å². The minimum Gasteiger partial charge on any atom is -0.102 e. The topological polar surface area (TPSA) is 0 Å². The van der Waals surface area contributed by atoms with Gasteiger partial charge in [-0.3, -0.25) is 0 Å². The number of rotatable bonds is 1. The molecule has 0 N–H and O–H groups in total. The van der Waals surface area contributed by atoms with Crippen LogP contribution >= 0.6 is 0 Å². The summed E-state index contributed by atoms with van der Waals surface area (Å²) in [5, 5.41) is 0. The number of hydrogen-bond acceptors (Lipinski definition) is 0. The van der Waals surface area contributed by atoms with E-state index in [2.05, 4.69) is 56.9 Å². The molecule has 74 valence electrons. The van der Waals surface area contributed by atoms with Gasteiger partial charge in [0.2, 0.25) is 0 Å². The molecule has 0 bridgehead atoms. The van der Waals surface area contributed by atoms with Crippen molar-refractivity contribution in [1.82, 2.24) is 0 Å². The Labute approximate surface area is 87.4 Å². The molecule has 14 heavy (non-hydrogen) atoms. The summed E-state index contributed by atoms with van der Waals surface area (Å²) in [6.45, 7) is 6.64. The molecule has 1 rings (SSSR count). The van der Waals surface area contributed by atoms with Gasteiger partial charge in [-0.25, -0.2) is 0 Å². The Hall–Kier alpha value is -1.22. The molecule has 0 heteroatoms. The van der Waals surface area contributed by atoms with Crippen LogP contribution in [0.25, 0.3) is 0 Å². The van der Waals surface area contributed by atoms with Gasteiger partial charge in [-0.2, -0.15) is 0 Å². The third-order valence-corrected chi connectivity index (χ3v) is 1.88. The first-order valence-electron chi connectivity index (χ1n) is 5.07. The quantitative estimate of drug-likeness (QED) is 0.587. The van der Waals surface area contributed by atoms with Crippen LogP contribution in [0.3, 0.4) is 0 Å². The Morgan fingerprint density at radius 1 is 1.00 bits per heavy atom. The maximum absolute atomic E-state index is 3.22. The molecule has 0 unspecified atom stereocenters. The second kappa shape index (κ2) is 4.86. The molecule has 0 spiro atoms. The van der Waals surface area contributed by atoms with Crippen molar-refractivity contribution in [3.63, 3.8) is 0 Å². The van der Waals surface area contributed by atoms with Crippen LogP contribution in [0.4, 0.5) is 0 Å². The molecule has 0 fully saturated rings. The van der Waals surface area contributed by atoms with Crippen LogP contribution in [-0.4, -0.2) is 0 Å². The lowest BCUT2D eigenvalue weighted by molar-refractivity contribution is 0.428. The molecule has 0 amide bonds. The van der Waals surface area contributed by atoms with E-state index in [0.29, 0.717) is 5.41 Å². The first-order valence-corrected chi connectivity index (χ1v) is 5.07. The minimum absolute atomic E-state index is 0.323. The zero-order chi connectivity index (χ0) is 10.4. The minimum atomic E-state index is 0.323. The molecule has 0 radical (unpaired) electrons. The van der Waals surface area contributed by atoms with Gasteiger partial charge >= 0.3 is 0 Å². The smallest absolute Gasteiger partial charge is 0.0340 e. The summed E-state index contributed by atoms with van der Waals surface area (Å²) in [6, 6.07) is 10.4. The van der Waals surface area contributed by atoms with E-state index in [0.717, 1.165) is 12.8 Å². The Morgan fingerprint density at radius 3 is 2.21 bits per heavy atom. The summed E-state index contributed by atoms with van der Waals surface area (Å²) < 4.78 is 0. The molecule has 0 aromatic heterocycles. The highest BCUT2D eigenvalue weighted by atomic mass is 14.1. The van der Waals surface area contributed by atoms with Crippen LogP contribution in [-0.2, 0) is 6.42 Å². The Kier molecular flexibility index (Phi) is 3.77. The molecular weight excluding hydrogens is 168 g/mol. The van der Waals surface area contributed by atoms with Gasteiger partial charge in [-0.05, 0) is 11.0 Å². The van der Waals surface area contributed by atoms with E-state index in [1.807, 2.05) is 6.07 Å². The van der Waals surface area contributed by atoms with Gasteiger partial charge in [0.1, 0.15) is 0 Å². The molecule has 0 saturated heterocycles.